The predicted octanol–water partition coefficient (Wildman–Crippen LogP) is 2.59. The van der Waals surface area contributed by atoms with E-state index < -0.39 is 0 Å². The Hall–Kier alpha value is -0.670. The molecule has 0 saturated carbocycles. The van der Waals surface area contributed by atoms with E-state index >= 15 is 0 Å². The van der Waals surface area contributed by atoms with Crippen LogP contribution in [0.3, 0.4) is 0 Å². The number of rotatable bonds is 6. The van der Waals surface area contributed by atoms with Crippen LogP contribution < -0.4 is 5.32 Å². The molecule has 0 heterocycles. The molecule has 0 unspecified atom stereocenters. The van der Waals surface area contributed by atoms with Gasteiger partial charge in [-0.1, -0.05) is 6.07 Å². The average Bonchev–Trinajstić information content (AvgIpc) is 2.25. The Morgan fingerprint density at radius 3 is 2.93 bits per heavy atom. The molecule has 2 nitrogen and oxygen atoms in total. The van der Waals surface area contributed by atoms with Gasteiger partial charge < -0.3 is 10.4 Å². The summed E-state index contributed by atoms with van der Waals surface area (Å²) in [6.45, 7) is 1.21. The number of thioether (sulfide) groups is 1. The zero-order chi connectivity index (χ0) is 10.2. The summed E-state index contributed by atoms with van der Waals surface area (Å²) in [5, 5.41) is 11.9. The second-order valence-corrected chi connectivity index (χ2v) is 3.97. The first-order chi connectivity index (χ1) is 6.86. The van der Waals surface area contributed by atoms with Crippen molar-refractivity contribution < 1.29 is 5.11 Å². The van der Waals surface area contributed by atoms with E-state index in [1.54, 1.807) is 11.8 Å². The Morgan fingerprint density at radius 1 is 1.36 bits per heavy atom. The number of unbranched alkanes of at least 4 members (excludes halogenated alkanes) is 1. The van der Waals surface area contributed by atoms with Gasteiger partial charge >= 0.3 is 0 Å². The number of hydrogen-bond donors (Lipinski definition) is 2. The van der Waals surface area contributed by atoms with Gasteiger partial charge in [0.15, 0.2) is 0 Å². The lowest BCUT2D eigenvalue weighted by molar-refractivity contribution is 0.286. The molecule has 14 heavy (non-hydrogen) atoms. The van der Waals surface area contributed by atoms with Crippen molar-refractivity contribution in [2.75, 3.05) is 24.7 Å². The highest BCUT2D eigenvalue weighted by Crippen LogP contribution is 2.18. The molecular formula is C11H17NOS. The van der Waals surface area contributed by atoms with E-state index in [2.05, 4.69) is 35.8 Å². The van der Waals surface area contributed by atoms with Gasteiger partial charge in [-0.05, 0) is 37.3 Å². The maximum absolute atomic E-state index is 8.61. The summed E-state index contributed by atoms with van der Waals surface area (Å²) in [7, 11) is 0. The monoisotopic (exact) mass is 211 g/mol. The Kier molecular flexibility index (Phi) is 5.49. The normalized spacial score (nSPS) is 10.1. The molecule has 0 bridgehead atoms. The minimum atomic E-state index is 0.284. The molecule has 0 radical (unpaired) electrons. The molecule has 1 aromatic rings. The summed E-state index contributed by atoms with van der Waals surface area (Å²) < 4.78 is 0. The first kappa shape index (κ1) is 11.4. The number of anilines is 1. The van der Waals surface area contributed by atoms with Gasteiger partial charge in [-0.2, -0.15) is 0 Å². The van der Waals surface area contributed by atoms with E-state index in [1.165, 1.54) is 4.90 Å². The summed E-state index contributed by atoms with van der Waals surface area (Å²) in [5.41, 5.74) is 1.16. The van der Waals surface area contributed by atoms with Gasteiger partial charge in [0.05, 0.1) is 0 Å². The van der Waals surface area contributed by atoms with Crippen LogP contribution in [-0.4, -0.2) is 24.5 Å². The molecule has 2 N–H and O–H groups in total. The molecule has 0 amide bonds. The fraction of sp³-hybridized carbons (Fsp3) is 0.455. The summed E-state index contributed by atoms with van der Waals surface area (Å²) in [4.78, 5) is 1.28. The van der Waals surface area contributed by atoms with Crippen LogP contribution in [0.1, 0.15) is 12.8 Å². The zero-order valence-electron chi connectivity index (χ0n) is 8.49. The number of benzene rings is 1. The molecule has 1 rings (SSSR count). The van der Waals surface area contributed by atoms with Crippen molar-refractivity contribution >= 4 is 17.4 Å². The first-order valence-corrected chi connectivity index (χ1v) is 6.08. The third kappa shape index (κ3) is 4.03. The van der Waals surface area contributed by atoms with Gasteiger partial charge in [-0.15, -0.1) is 11.8 Å². The van der Waals surface area contributed by atoms with Crippen LogP contribution in [0, 0.1) is 0 Å². The second-order valence-electron chi connectivity index (χ2n) is 3.09. The quantitative estimate of drug-likeness (QED) is 0.560. The Morgan fingerprint density at radius 2 is 2.21 bits per heavy atom. The standard InChI is InChI=1S/C11H17NOS/c1-14-11-6-4-5-10(9-11)12-7-2-3-8-13/h4-6,9,12-13H,2-3,7-8H2,1H3. The third-order valence-corrected chi connectivity index (χ3v) is 2.71. The minimum Gasteiger partial charge on any atom is -0.396 e. The SMILES string of the molecule is CSc1cccc(NCCCCO)c1. The summed E-state index contributed by atoms with van der Waals surface area (Å²) in [5.74, 6) is 0. The molecule has 0 aliphatic rings. The molecule has 0 fully saturated rings. The lowest BCUT2D eigenvalue weighted by atomic mass is 10.3. The molecule has 78 valence electrons. The maximum atomic E-state index is 8.61. The molecule has 1 aromatic carbocycles. The summed E-state index contributed by atoms with van der Waals surface area (Å²) >= 11 is 1.75. The van der Waals surface area contributed by atoms with Crippen molar-refractivity contribution in [3.63, 3.8) is 0 Å². The number of aliphatic hydroxyl groups excluding tert-OH is 1. The molecule has 3 heteroatoms. The highest BCUT2D eigenvalue weighted by Gasteiger charge is 1.93. The van der Waals surface area contributed by atoms with Gasteiger partial charge in [0.25, 0.3) is 0 Å². The Bertz CT molecular complexity index is 265. The van der Waals surface area contributed by atoms with E-state index in [-0.39, 0.29) is 6.61 Å². The van der Waals surface area contributed by atoms with Crippen LogP contribution in [0.4, 0.5) is 5.69 Å². The molecule has 0 atom stereocenters. The van der Waals surface area contributed by atoms with Gasteiger partial charge in [0, 0.05) is 23.7 Å². The molecule has 0 aliphatic heterocycles. The molecule has 0 aromatic heterocycles. The van der Waals surface area contributed by atoms with Gasteiger partial charge in [-0.3, -0.25) is 0 Å². The van der Waals surface area contributed by atoms with E-state index in [1.807, 2.05) is 0 Å². The molecule has 0 spiro atoms. The van der Waals surface area contributed by atoms with Crippen molar-refractivity contribution in [1.82, 2.24) is 0 Å². The number of aliphatic hydroxyl groups is 1. The van der Waals surface area contributed by atoms with E-state index in [4.69, 9.17) is 5.11 Å². The van der Waals surface area contributed by atoms with E-state index in [0.29, 0.717) is 0 Å². The Balaban J connectivity index is 2.34. The highest BCUT2D eigenvalue weighted by molar-refractivity contribution is 7.98. The minimum absolute atomic E-state index is 0.284. The average molecular weight is 211 g/mol. The molecule has 0 saturated heterocycles. The van der Waals surface area contributed by atoms with E-state index in [9.17, 15) is 0 Å². The van der Waals surface area contributed by atoms with Crippen LogP contribution in [-0.2, 0) is 0 Å². The predicted molar refractivity (Wildman–Crippen MR) is 63.0 cm³/mol. The largest absolute Gasteiger partial charge is 0.396 e. The fourth-order valence-corrected chi connectivity index (χ4v) is 1.66. The van der Waals surface area contributed by atoms with Crippen LogP contribution in [0.25, 0.3) is 0 Å². The van der Waals surface area contributed by atoms with Crippen LogP contribution >= 0.6 is 11.8 Å². The van der Waals surface area contributed by atoms with Crippen LogP contribution in [0.2, 0.25) is 0 Å². The second kappa shape index (κ2) is 6.74. The summed E-state index contributed by atoms with van der Waals surface area (Å²) in [6, 6.07) is 8.37. The smallest absolute Gasteiger partial charge is 0.0431 e. The van der Waals surface area contributed by atoms with Gasteiger partial charge in [0.1, 0.15) is 0 Å². The van der Waals surface area contributed by atoms with Gasteiger partial charge in [-0.25, -0.2) is 0 Å². The Labute approximate surface area is 89.7 Å². The van der Waals surface area contributed by atoms with Crippen LogP contribution in [0.5, 0.6) is 0 Å². The van der Waals surface area contributed by atoms with Crippen molar-refractivity contribution in [1.29, 1.82) is 0 Å². The topological polar surface area (TPSA) is 32.3 Å². The summed E-state index contributed by atoms with van der Waals surface area (Å²) in [6.07, 6.45) is 3.96. The van der Waals surface area contributed by atoms with E-state index in [0.717, 1.165) is 25.1 Å². The third-order valence-electron chi connectivity index (χ3n) is 1.98. The van der Waals surface area contributed by atoms with Crippen molar-refractivity contribution in [2.45, 2.75) is 17.7 Å². The number of nitrogens with one attached hydrogen (secondary N) is 1. The first-order valence-electron chi connectivity index (χ1n) is 4.85. The lowest BCUT2D eigenvalue weighted by Crippen LogP contribution is -2.02. The lowest BCUT2D eigenvalue weighted by Gasteiger charge is -2.06. The molecular weight excluding hydrogens is 194 g/mol. The fourth-order valence-electron chi connectivity index (χ4n) is 1.20. The van der Waals surface area contributed by atoms with Crippen molar-refractivity contribution in [3.8, 4) is 0 Å². The highest BCUT2D eigenvalue weighted by atomic mass is 32.2. The van der Waals surface area contributed by atoms with Crippen LogP contribution in [0.15, 0.2) is 29.2 Å². The van der Waals surface area contributed by atoms with Crippen molar-refractivity contribution in [2.24, 2.45) is 0 Å². The van der Waals surface area contributed by atoms with Crippen molar-refractivity contribution in [3.05, 3.63) is 24.3 Å². The zero-order valence-corrected chi connectivity index (χ0v) is 9.31. The van der Waals surface area contributed by atoms with Gasteiger partial charge in [0.2, 0.25) is 0 Å². The number of hydrogen-bond acceptors (Lipinski definition) is 3. The maximum Gasteiger partial charge on any atom is 0.0431 e. The molecule has 0 aliphatic carbocycles.